The monoisotopic (exact) mass is 230 g/mol. The Balaban J connectivity index is 0. The molecule has 0 aliphatic carbocycles. The van der Waals surface area contributed by atoms with E-state index in [0.29, 0.717) is 0 Å². The summed E-state index contributed by atoms with van der Waals surface area (Å²) in [6, 6.07) is 0. The first-order chi connectivity index (χ1) is 2.27. The van der Waals surface area contributed by atoms with Gasteiger partial charge in [0.15, 0.2) is 0 Å². The van der Waals surface area contributed by atoms with Crippen molar-refractivity contribution in [1.82, 2.24) is 0 Å². The van der Waals surface area contributed by atoms with Crippen LogP contribution in [0.2, 0.25) is 0 Å². The molecule has 4 nitrogen and oxygen atoms in total. The summed E-state index contributed by atoms with van der Waals surface area (Å²) in [6.07, 6.45) is -1.69. The van der Waals surface area contributed by atoms with Crippen LogP contribution in [0, 0.1) is 40.4 Å². The molecule has 0 saturated carbocycles. The summed E-state index contributed by atoms with van der Waals surface area (Å²) in [5, 5.41) is 14.3. The van der Waals surface area contributed by atoms with Crippen molar-refractivity contribution in [2.45, 2.75) is 0 Å². The number of hydrogen-bond donors (Lipinski definition) is 2. The minimum absolute atomic E-state index is 0. The minimum atomic E-state index is -1.69. The van der Waals surface area contributed by atoms with Crippen molar-refractivity contribution in [1.29, 1.82) is 0 Å². The van der Waals surface area contributed by atoms with E-state index in [4.69, 9.17) is 15.2 Å². The molecule has 0 bridgehead atoms. The summed E-state index contributed by atoms with van der Waals surface area (Å²) >= 11 is 0. The van der Waals surface area contributed by atoms with E-state index in [1.807, 2.05) is 0 Å². The molecule has 0 radical (unpaired) electrons. The maximum absolute atomic E-state index is 8.90. The third-order valence-electron chi connectivity index (χ3n) is 0.0781. The van der Waals surface area contributed by atoms with Gasteiger partial charge in [-0.15, -0.1) is 0 Å². The van der Waals surface area contributed by atoms with Gasteiger partial charge < -0.3 is 5.11 Å². The Labute approximate surface area is 66.1 Å². The first-order valence-corrected chi connectivity index (χ1v) is 0.814. The van der Waals surface area contributed by atoms with E-state index in [1.54, 1.807) is 0 Å². The Morgan fingerprint density at radius 1 is 1.67 bits per heavy atom. The molecule has 0 aromatic carbocycles. The SMILES string of the molecule is O=C(O)OO.[Sm]. The largest absolute Gasteiger partial charge is 0.537 e. The molecule has 0 unspecified atom stereocenters. The second kappa shape index (κ2) is 5.57. The van der Waals surface area contributed by atoms with Gasteiger partial charge in [0.05, 0.1) is 0 Å². The van der Waals surface area contributed by atoms with Crippen LogP contribution < -0.4 is 0 Å². The fourth-order valence-electron chi connectivity index (χ4n) is 0. The second-order valence-electron chi connectivity index (χ2n) is 0.357. The molecule has 0 aliphatic rings. The molecule has 0 rings (SSSR count). The molecule has 0 aromatic rings. The van der Waals surface area contributed by atoms with Crippen LogP contribution in [0.5, 0.6) is 0 Å². The molecule has 6 heavy (non-hydrogen) atoms. The van der Waals surface area contributed by atoms with Crippen molar-refractivity contribution >= 4 is 6.16 Å². The Hall–Kier alpha value is 0.568. The van der Waals surface area contributed by atoms with Gasteiger partial charge >= 0.3 is 6.16 Å². The van der Waals surface area contributed by atoms with Gasteiger partial charge in [-0.05, 0) is 0 Å². The number of carboxylic acid groups (broad SMARTS) is 1. The standard InChI is InChI=1S/CH2O4.Sm/c2-1(3)5-4;/h4H,(H,2,3);. The van der Waals surface area contributed by atoms with E-state index in [9.17, 15) is 0 Å². The number of rotatable bonds is 0. The van der Waals surface area contributed by atoms with E-state index in [-0.39, 0.29) is 40.4 Å². The first kappa shape index (κ1) is 9.76. The van der Waals surface area contributed by atoms with E-state index < -0.39 is 6.16 Å². The molecule has 0 fully saturated rings. The fourth-order valence-corrected chi connectivity index (χ4v) is 0. The molecule has 36 valence electrons. The van der Waals surface area contributed by atoms with Crippen LogP contribution in [0.3, 0.4) is 0 Å². The molecule has 0 amide bonds. The molecule has 0 atom stereocenters. The quantitative estimate of drug-likeness (QED) is 0.458. The van der Waals surface area contributed by atoms with Gasteiger partial charge in [0, 0.05) is 40.4 Å². The van der Waals surface area contributed by atoms with Crippen LogP contribution >= 0.6 is 0 Å². The number of carbonyl (C=O) groups is 1. The maximum atomic E-state index is 8.90. The summed E-state index contributed by atoms with van der Waals surface area (Å²) in [6.45, 7) is 0. The normalized spacial score (nSPS) is 5.50. The minimum Gasteiger partial charge on any atom is -0.448 e. The molecule has 0 aliphatic heterocycles. The van der Waals surface area contributed by atoms with Crippen molar-refractivity contribution < 1.29 is 60.4 Å². The predicted octanol–water partition coefficient (Wildman–Crippen LogP) is 0.154. The van der Waals surface area contributed by atoms with Crippen molar-refractivity contribution in [3.8, 4) is 0 Å². The molecular formula is CH2O4Sm. The molecule has 2 N–H and O–H groups in total. The second-order valence-corrected chi connectivity index (χ2v) is 0.357. The topological polar surface area (TPSA) is 66.8 Å². The molecular weight excluding hydrogens is 226 g/mol. The summed E-state index contributed by atoms with van der Waals surface area (Å²) in [7, 11) is 0. The molecule has 0 aromatic heterocycles. The van der Waals surface area contributed by atoms with Crippen LogP contribution in [0.1, 0.15) is 0 Å². The average molecular weight is 228 g/mol. The van der Waals surface area contributed by atoms with Gasteiger partial charge in [-0.3, -0.25) is 4.89 Å². The first-order valence-electron chi connectivity index (χ1n) is 0.814. The van der Waals surface area contributed by atoms with E-state index in [0.717, 1.165) is 0 Å². The zero-order valence-electron chi connectivity index (χ0n) is 2.62. The van der Waals surface area contributed by atoms with Crippen molar-refractivity contribution in [3.05, 3.63) is 0 Å². The zero-order valence-corrected chi connectivity index (χ0v) is 5.24. The van der Waals surface area contributed by atoms with Crippen LogP contribution in [-0.2, 0) is 4.89 Å². The Kier molecular flexibility index (Phi) is 9.06. The van der Waals surface area contributed by atoms with Gasteiger partial charge in [0.1, 0.15) is 0 Å². The van der Waals surface area contributed by atoms with Crippen LogP contribution in [-0.4, -0.2) is 16.5 Å². The van der Waals surface area contributed by atoms with Crippen molar-refractivity contribution in [2.24, 2.45) is 0 Å². The van der Waals surface area contributed by atoms with E-state index in [1.165, 1.54) is 0 Å². The fraction of sp³-hybridized carbons (Fsp3) is 0. The van der Waals surface area contributed by atoms with E-state index >= 15 is 0 Å². The van der Waals surface area contributed by atoms with Gasteiger partial charge in [-0.2, -0.15) is 5.26 Å². The predicted molar refractivity (Wildman–Crippen MR) is 11.7 cm³/mol. The van der Waals surface area contributed by atoms with Gasteiger partial charge in [-0.25, -0.2) is 4.79 Å². The Morgan fingerprint density at radius 3 is 1.83 bits per heavy atom. The summed E-state index contributed by atoms with van der Waals surface area (Å²) in [5.74, 6) is 0. The van der Waals surface area contributed by atoms with Crippen LogP contribution in [0.15, 0.2) is 0 Å². The van der Waals surface area contributed by atoms with Crippen LogP contribution in [0.25, 0.3) is 0 Å². The molecule has 0 spiro atoms. The average Bonchev–Trinajstić information content (AvgIpc) is 1.38. The maximum Gasteiger partial charge on any atom is 0.537 e. The Morgan fingerprint density at radius 2 is 1.83 bits per heavy atom. The van der Waals surface area contributed by atoms with Crippen molar-refractivity contribution in [3.63, 3.8) is 0 Å². The zero-order chi connectivity index (χ0) is 4.28. The van der Waals surface area contributed by atoms with Gasteiger partial charge in [0.2, 0.25) is 0 Å². The number of hydrogen-bond acceptors (Lipinski definition) is 3. The summed E-state index contributed by atoms with van der Waals surface area (Å²) < 4.78 is 0. The van der Waals surface area contributed by atoms with E-state index in [2.05, 4.69) is 4.89 Å². The summed E-state index contributed by atoms with van der Waals surface area (Å²) in [5.41, 5.74) is 0. The van der Waals surface area contributed by atoms with Crippen LogP contribution in [0.4, 0.5) is 4.79 Å². The smallest absolute Gasteiger partial charge is 0.448 e. The molecule has 0 saturated heterocycles. The molecule has 0 heterocycles. The summed E-state index contributed by atoms with van der Waals surface area (Å²) in [4.78, 5) is 11.6. The van der Waals surface area contributed by atoms with Crippen molar-refractivity contribution in [2.75, 3.05) is 0 Å². The van der Waals surface area contributed by atoms with Gasteiger partial charge in [0.25, 0.3) is 0 Å². The Bertz CT molecular complexity index is 42.8. The molecule has 5 heteroatoms. The third-order valence-corrected chi connectivity index (χ3v) is 0.0781. The van der Waals surface area contributed by atoms with Gasteiger partial charge in [-0.1, -0.05) is 0 Å². The third kappa shape index (κ3) is 8.82.